The van der Waals surface area contributed by atoms with E-state index in [0.29, 0.717) is 29.8 Å². The number of carbonyl (C=O) groups is 2. The lowest BCUT2D eigenvalue weighted by Crippen LogP contribution is -2.45. The summed E-state index contributed by atoms with van der Waals surface area (Å²) < 4.78 is 5.47. The first-order chi connectivity index (χ1) is 13.6. The van der Waals surface area contributed by atoms with Crippen LogP contribution in [-0.4, -0.2) is 40.3 Å². The molecule has 0 radical (unpaired) electrons. The molecule has 0 aromatic heterocycles. The third-order valence-electron chi connectivity index (χ3n) is 4.14. The van der Waals surface area contributed by atoms with Crippen LogP contribution in [0.5, 0.6) is 5.75 Å². The number of hydrogen-bond donors (Lipinski definition) is 1. The highest BCUT2D eigenvalue weighted by Gasteiger charge is 2.35. The number of carbonyl (C=O) groups excluding carboxylic acids is 2. The van der Waals surface area contributed by atoms with Crippen molar-refractivity contribution in [3.63, 3.8) is 0 Å². The van der Waals surface area contributed by atoms with Gasteiger partial charge in [-0.25, -0.2) is 4.99 Å². The minimum absolute atomic E-state index is 0.0980. The van der Waals surface area contributed by atoms with Crippen LogP contribution in [0, 0.1) is 0 Å². The number of rotatable bonds is 6. The molecule has 1 N–H and O–H groups in total. The lowest BCUT2D eigenvalue weighted by molar-refractivity contribution is -0.129. The molecule has 7 heteroatoms. The van der Waals surface area contributed by atoms with Crippen LogP contribution in [0.2, 0.25) is 0 Å². The maximum absolute atomic E-state index is 12.8. The van der Waals surface area contributed by atoms with Crippen molar-refractivity contribution < 1.29 is 14.3 Å². The Kier molecular flexibility index (Phi) is 6.71. The molecule has 2 aromatic carbocycles. The number of amides is 2. The molecule has 0 aliphatic carbocycles. The Morgan fingerprint density at radius 2 is 2.00 bits per heavy atom. The Hall–Kier alpha value is -2.80. The van der Waals surface area contributed by atoms with Crippen LogP contribution in [0.4, 0.5) is 11.4 Å². The van der Waals surface area contributed by atoms with Crippen molar-refractivity contribution >= 4 is 40.1 Å². The first-order valence-electron chi connectivity index (χ1n) is 9.25. The molecular formula is C21H23N3O3S. The number of hydrogen-bond acceptors (Lipinski definition) is 5. The molecule has 146 valence electrons. The molecule has 1 aliphatic heterocycles. The van der Waals surface area contributed by atoms with Crippen molar-refractivity contribution in [2.45, 2.75) is 25.5 Å². The molecule has 1 unspecified atom stereocenters. The van der Waals surface area contributed by atoms with E-state index >= 15 is 0 Å². The Bertz CT molecular complexity index is 870. The first kappa shape index (κ1) is 19.9. The highest BCUT2D eigenvalue weighted by molar-refractivity contribution is 8.15. The van der Waals surface area contributed by atoms with Crippen LogP contribution in [0.3, 0.4) is 0 Å². The van der Waals surface area contributed by atoms with Crippen LogP contribution < -0.4 is 10.1 Å². The quantitative estimate of drug-likeness (QED) is 0.798. The molecule has 1 aliphatic rings. The van der Waals surface area contributed by atoms with Gasteiger partial charge in [-0.05, 0) is 38.1 Å². The highest BCUT2D eigenvalue weighted by atomic mass is 32.2. The van der Waals surface area contributed by atoms with Gasteiger partial charge in [0.15, 0.2) is 5.17 Å². The second-order valence-corrected chi connectivity index (χ2v) is 7.30. The maximum Gasteiger partial charge on any atom is 0.238 e. The van der Waals surface area contributed by atoms with Crippen molar-refractivity contribution in [2.75, 3.05) is 18.5 Å². The van der Waals surface area contributed by atoms with Gasteiger partial charge in [0, 0.05) is 24.7 Å². The highest BCUT2D eigenvalue weighted by Crippen LogP contribution is 2.30. The molecule has 1 atom stereocenters. The number of amidine groups is 1. The SMILES string of the molecule is CCOc1cccc(NC(=O)C2CC(=O)N(CC)C(=Nc3ccccc3)S2)c1. The van der Waals surface area contributed by atoms with Gasteiger partial charge in [0.2, 0.25) is 11.8 Å². The van der Waals surface area contributed by atoms with E-state index in [1.165, 1.54) is 11.8 Å². The molecule has 0 saturated carbocycles. The number of para-hydroxylation sites is 1. The number of aliphatic imine (C=N–C) groups is 1. The summed E-state index contributed by atoms with van der Waals surface area (Å²) in [6.07, 6.45) is 0.142. The largest absolute Gasteiger partial charge is 0.494 e. The number of nitrogens with zero attached hydrogens (tertiary/aromatic N) is 2. The van der Waals surface area contributed by atoms with Gasteiger partial charge in [-0.15, -0.1) is 0 Å². The van der Waals surface area contributed by atoms with Crippen molar-refractivity contribution in [3.8, 4) is 5.75 Å². The second kappa shape index (κ2) is 9.41. The zero-order valence-electron chi connectivity index (χ0n) is 15.9. The summed E-state index contributed by atoms with van der Waals surface area (Å²) in [5.41, 5.74) is 1.39. The van der Waals surface area contributed by atoms with Gasteiger partial charge in [0.25, 0.3) is 0 Å². The second-order valence-electron chi connectivity index (χ2n) is 6.13. The van der Waals surface area contributed by atoms with Gasteiger partial charge in [0.05, 0.1) is 12.3 Å². The predicted molar refractivity (Wildman–Crippen MR) is 113 cm³/mol. The normalized spacial score (nSPS) is 18.2. The fraction of sp³-hybridized carbons (Fsp3) is 0.286. The smallest absolute Gasteiger partial charge is 0.238 e. The summed E-state index contributed by atoms with van der Waals surface area (Å²) >= 11 is 1.32. The molecule has 1 heterocycles. The molecule has 0 spiro atoms. The fourth-order valence-electron chi connectivity index (χ4n) is 2.82. The van der Waals surface area contributed by atoms with Crippen LogP contribution in [0.25, 0.3) is 0 Å². The summed E-state index contributed by atoms with van der Waals surface area (Å²) in [7, 11) is 0. The number of ether oxygens (including phenoxy) is 1. The molecule has 2 aromatic rings. The third kappa shape index (κ3) is 4.92. The van der Waals surface area contributed by atoms with Crippen molar-refractivity contribution in [3.05, 3.63) is 54.6 Å². The van der Waals surface area contributed by atoms with E-state index in [9.17, 15) is 9.59 Å². The van der Waals surface area contributed by atoms with E-state index in [0.717, 1.165) is 5.69 Å². The lowest BCUT2D eigenvalue weighted by atomic mass is 10.2. The minimum atomic E-state index is -0.534. The Labute approximate surface area is 169 Å². The molecule has 6 nitrogen and oxygen atoms in total. The Morgan fingerprint density at radius 1 is 1.21 bits per heavy atom. The van der Waals surface area contributed by atoms with E-state index in [-0.39, 0.29) is 18.2 Å². The number of thioether (sulfide) groups is 1. The first-order valence-corrected chi connectivity index (χ1v) is 10.1. The van der Waals surface area contributed by atoms with Crippen LogP contribution in [-0.2, 0) is 9.59 Å². The molecule has 3 rings (SSSR count). The minimum Gasteiger partial charge on any atom is -0.494 e. The van der Waals surface area contributed by atoms with Gasteiger partial charge in [-0.3, -0.25) is 14.5 Å². The Balaban J connectivity index is 1.76. The zero-order valence-corrected chi connectivity index (χ0v) is 16.7. The van der Waals surface area contributed by atoms with Gasteiger partial charge in [-0.2, -0.15) is 0 Å². The van der Waals surface area contributed by atoms with E-state index in [4.69, 9.17) is 4.74 Å². The molecule has 28 heavy (non-hydrogen) atoms. The Morgan fingerprint density at radius 3 is 2.71 bits per heavy atom. The summed E-state index contributed by atoms with van der Waals surface area (Å²) in [4.78, 5) is 31.5. The van der Waals surface area contributed by atoms with Gasteiger partial charge in [0.1, 0.15) is 11.0 Å². The van der Waals surface area contributed by atoms with E-state index in [2.05, 4.69) is 10.3 Å². The lowest BCUT2D eigenvalue weighted by Gasteiger charge is -2.30. The standard InChI is InChI=1S/C21H23N3O3S/c1-3-24-19(25)14-18(28-21(24)23-15-9-6-5-7-10-15)20(26)22-16-11-8-12-17(13-16)27-4-2/h5-13,18H,3-4,14H2,1-2H3,(H,22,26). The molecule has 1 saturated heterocycles. The third-order valence-corrected chi connectivity index (χ3v) is 5.33. The van der Waals surface area contributed by atoms with E-state index in [1.807, 2.05) is 56.3 Å². The van der Waals surface area contributed by atoms with Crippen molar-refractivity contribution in [2.24, 2.45) is 4.99 Å². The van der Waals surface area contributed by atoms with Crippen LogP contribution in [0.1, 0.15) is 20.3 Å². The van der Waals surface area contributed by atoms with Gasteiger partial charge < -0.3 is 10.1 Å². The van der Waals surface area contributed by atoms with E-state index < -0.39 is 5.25 Å². The van der Waals surface area contributed by atoms with Gasteiger partial charge >= 0.3 is 0 Å². The average Bonchev–Trinajstić information content (AvgIpc) is 2.69. The van der Waals surface area contributed by atoms with Gasteiger partial charge in [-0.1, -0.05) is 36.0 Å². The number of nitrogens with one attached hydrogen (secondary N) is 1. The van der Waals surface area contributed by atoms with Crippen molar-refractivity contribution in [1.29, 1.82) is 0 Å². The molecule has 1 fully saturated rings. The molecular weight excluding hydrogens is 374 g/mol. The van der Waals surface area contributed by atoms with Crippen molar-refractivity contribution in [1.82, 2.24) is 4.90 Å². The fourth-order valence-corrected chi connectivity index (χ4v) is 3.98. The summed E-state index contributed by atoms with van der Waals surface area (Å²) in [5, 5.41) is 2.90. The topological polar surface area (TPSA) is 71.0 Å². The zero-order chi connectivity index (χ0) is 19.9. The molecule has 2 amide bonds. The average molecular weight is 398 g/mol. The monoisotopic (exact) mass is 397 g/mol. The number of anilines is 1. The number of benzene rings is 2. The predicted octanol–water partition coefficient (Wildman–Crippen LogP) is 4.07. The summed E-state index contributed by atoms with van der Waals surface area (Å²) in [6.45, 7) is 4.87. The summed E-state index contributed by atoms with van der Waals surface area (Å²) in [5.74, 6) is 0.374. The summed E-state index contributed by atoms with van der Waals surface area (Å²) in [6, 6.07) is 16.7. The van der Waals surface area contributed by atoms with E-state index in [1.54, 1.807) is 17.0 Å². The maximum atomic E-state index is 12.8. The van der Waals surface area contributed by atoms with Crippen LogP contribution >= 0.6 is 11.8 Å². The molecule has 0 bridgehead atoms. The van der Waals surface area contributed by atoms with Crippen LogP contribution in [0.15, 0.2) is 59.6 Å².